The maximum Gasteiger partial charge on any atom is 0.293 e. The molecule has 3 rings (SSSR count). The Morgan fingerprint density at radius 1 is 1.19 bits per heavy atom. The van der Waals surface area contributed by atoms with Crippen LogP contribution in [0.15, 0.2) is 47.4 Å². The molecule has 1 heterocycles. The number of nitrogens with zero attached hydrogens (tertiary/aromatic N) is 2. The highest BCUT2D eigenvalue weighted by molar-refractivity contribution is 7.92. The number of hydrogen-bond acceptors (Lipinski definition) is 6. The number of anilines is 2. The number of benzene rings is 2. The number of piperidine rings is 1. The normalized spacial score (nSPS) is 15.6. The van der Waals surface area contributed by atoms with E-state index in [-0.39, 0.29) is 21.3 Å². The highest BCUT2D eigenvalue weighted by atomic mass is 35.5. The van der Waals surface area contributed by atoms with Gasteiger partial charge in [-0.15, -0.1) is 0 Å². The molecule has 1 aliphatic rings. The van der Waals surface area contributed by atoms with E-state index in [0.29, 0.717) is 31.6 Å². The standard InChI is InChI=1S/C17H18ClN3O5S/c18-14-3-1-2-4-15(14)19-27(25,26)13-5-6-16(17(11-13)21(23)24)20-9-7-12(22)8-10-20/h1-6,11-12,19,22H,7-10H2. The first-order chi connectivity index (χ1) is 12.8. The van der Waals surface area contributed by atoms with E-state index in [0.717, 1.165) is 6.07 Å². The van der Waals surface area contributed by atoms with Crippen LogP contribution in [0.4, 0.5) is 17.1 Å². The van der Waals surface area contributed by atoms with Crippen molar-refractivity contribution in [2.45, 2.75) is 23.8 Å². The van der Waals surface area contributed by atoms with Crippen molar-refractivity contribution < 1.29 is 18.4 Å². The fraction of sp³-hybridized carbons (Fsp3) is 0.294. The molecule has 144 valence electrons. The molecule has 0 saturated carbocycles. The second kappa shape index (κ2) is 7.71. The summed E-state index contributed by atoms with van der Waals surface area (Å²) in [5.41, 5.74) is 0.230. The van der Waals surface area contributed by atoms with E-state index in [4.69, 9.17) is 11.6 Å². The number of hydrogen-bond donors (Lipinski definition) is 2. The van der Waals surface area contributed by atoms with Gasteiger partial charge in [0.1, 0.15) is 5.69 Å². The fourth-order valence-corrected chi connectivity index (χ4v) is 4.28. The lowest BCUT2D eigenvalue weighted by atomic mass is 10.1. The summed E-state index contributed by atoms with van der Waals surface area (Å²) in [6.45, 7) is 0.929. The first-order valence-electron chi connectivity index (χ1n) is 8.27. The molecule has 10 heteroatoms. The first-order valence-corrected chi connectivity index (χ1v) is 10.1. The molecule has 27 heavy (non-hydrogen) atoms. The summed E-state index contributed by atoms with van der Waals surface area (Å²) < 4.78 is 27.6. The molecular formula is C17H18ClN3O5S. The van der Waals surface area contributed by atoms with Crippen molar-refractivity contribution in [2.75, 3.05) is 22.7 Å². The lowest BCUT2D eigenvalue weighted by Crippen LogP contribution is -2.36. The summed E-state index contributed by atoms with van der Waals surface area (Å²) in [6.07, 6.45) is 0.594. The molecule has 1 fully saturated rings. The predicted octanol–water partition coefficient (Wildman–Crippen LogP) is 3.01. The summed E-state index contributed by atoms with van der Waals surface area (Å²) in [4.78, 5) is 12.5. The first kappa shape index (κ1) is 19.4. The summed E-state index contributed by atoms with van der Waals surface area (Å²) in [7, 11) is -4.05. The maximum atomic E-state index is 12.6. The van der Waals surface area contributed by atoms with Crippen molar-refractivity contribution >= 4 is 38.7 Å². The molecular weight excluding hydrogens is 394 g/mol. The van der Waals surface area contributed by atoms with E-state index in [2.05, 4.69) is 4.72 Å². The zero-order valence-corrected chi connectivity index (χ0v) is 15.8. The number of para-hydroxylation sites is 1. The van der Waals surface area contributed by atoms with Crippen LogP contribution in [0, 0.1) is 10.1 Å². The Labute approximate surface area is 161 Å². The average Bonchev–Trinajstić information content (AvgIpc) is 2.63. The average molecular weight is 412 g/mol. The zero-order chi connectivity index (χ0) is 19.6. The monoisotopic (exact) mass is 411 g/mol. The van der Waals surface area contributed by atoms with Crippen LogP contribution in [0.1, 0.15) is 12.8 Å². The van der Waals surface area contributed by atoms with Crippen LogP contribution >= 0.6 is 11.6 Å². The number of nitro benzene ring substituents is 1. The molecule has 8 nitrogen and oxygen atoms in total. The van der Waals surface area contributed by atoms with Crippen LogP contribution in [-0.2, 0) is 10.0 Å². The maximum absolute atomic E-state index is 12.6. The number of rotatable bonds is 5. The van der Waals surface area contributed by atoms with Crippen molar-refractivity contribution in [2.24, 2.45) is 0 Å². The molecule has 0 amide bonds. The van der Waals surface area contributed by atoms with Gasteiger partial charge in [0, 0.05) is 19.2 Å². The predicted molar refractivity (Wildman–Crippen MR) is 103 cm³/mol. The Kier molecular flexibility index (Phi) is 5.54. The number of aliphatic hydroxyl groups is 1. The second-order valence-corrected chi connectivity index (χ2v) is 8.30. The SMILES string of the molecule is O=[N+]([O-])c1cc(S(=O)(=O)Nc2ccccc2Cl)ccc1N1CCC(O)CC1. The third-order valence-electron chi connectivity index (χ3n) is 4.38. The Hall–Kier alpha value is -2.36. The molecule has 0 bridgehead atoms. The lowest BCUT2D eigenvalue weighted by molar-refractivity contribution is -0.384. The molecule has 2 N–H and O–H groups in total. The number of nitro groups is 1. The van der Waals surface area contributed by atoms with Crippen LogP contribution < -0.4 is 9.62 Å². The molecule has 0 radical (unpaired) electrons. The number of aliphatic hydroxyl groups excluding tert-OH is 1. The van der Waals surface area contributed by atoms with Crippen LogP contribution in [0.3, 0.4) is 0 Å². The van der Waals surface area contributed by atoms with E-state index in [1.807, 2.05) is 0 Å². The van der Waals surface area contributed by atoms with Gasteiger partial charge in [-0.05, 0) is 37.1 Å². The molecule has 1 aliphatic heterocycles. The molecule has 0 spiro atoms. The van der Waals surface area contributed by atoms with Gasteiger partial charge in [-0.2, -0.15) is 0 Å². The largest absolute Gasteiger partial charge is 0.393 e. The Balaban J connectivity index is 1.93. The van der Waals surface area contributed by atoms with Gasteiger partial charge < -0.3 is 10.0 Å². The molecule has 0 aromatic heterocycles. The van der Waals surface area contributed by atoms with Crippen molar-refractivity contribution in [3.8, 4) is 0 Å². The van der Waals surface area contributed by atoms with E-state index in [1.54, 1.807) is 17.0 Å². The van der Waals surface area contributed by atoms with Gasteiger partial charge in [0.05, 0.1) is 26.6 Å². The zero-order valence-electron chi connectivity index (χ0n) is 14.2. The molecule has 0 atom stereocenters. The molecule has 2 aromatic carbocycles. The van der Waals surface area contributed by atoms with E-state index in [9.17, 15) is 23.6 Å². The van der Waals surface area contributed by atoms with Gasteiger partial charge in [-0.25, -0.2) is 8.42 Å². The van der Waals surface area contributed by atoms with Crippen molar-refractivity contribution in [3.05, 3.63) is 57.6 Å². The minimum atomic E-state index is -4.05. The van der Waals surface area contributed by atoms with E-state index in [1.165, 1.54) is 24.3 Å². The van der Waals surface area contributed by atoms with Gasteiger partial charge in [-0.1, -0.05) is 23.7 Å². The van der Waals surface area contributed by atoms with Crippen LogP contribution in [0.5, 0.6) is 0 Å². The molecule has 0 unspecified atom stereocenters. The van der Waals surface area contributed by atoms with Gasteiger partial charge in [0.2, 0.25) is 0 Å². The number of halogens is 1. The summed E-state index contributed by atoms with van der Waals surface area (Å²) in [6, 6.07) is 10.1. The van der Waals surface area contributed by atoms with Gasteiger partial charge >= 0.3 is 0 Å². The highest BCUT2D eigenvalue weighted by Gasteiger charge is 2.27. The van der Waals surface area contributed by atoms with Gasteiger partial charge in [0.25, 0.3) is 15.7 Å². The van der Waals surface area contributed by atoms with Crippen molar-refractivity contribution in [3.63, 3.8) is 0 Å². The van der Waals surface area contributed by atoms with E-state index < -0.39 is 21.1 Å². The number of sulfonamides is 1. The minimum absolute atomic E-state index is 0.191. The van der Waals surface area contributed by atoms with Crippen LogP contribution in [0.25, 0.3) is 0 Å². The number of nitrogens with one attached hydrogen (secondary N) is 1. The molecule has 2 aromatic rings. The Morgan fingerprint density at radius 3 is 2.48 bits per heavy atom. The Bertz CT molecular complexity index is 959. The topological polar surface area (TPSA) is 113 Å². The van der Waals surface area contributed by atoms with Gasteiger partial charge in [0.15, 0.2) is 0 Å². The van der Waals surface area contributed by atoms with Crippen molar-refractivity contribution in [1.82, 2.24) is 0 Å². The van der Waals surface area contributed by atoms with E-state index >= 15 is 0 Å². The van der Waals surface area contributed by atoms with Gasteiger partial charge in [-0.3, -0.25) is 14.8 Å². The summed E-state index contributed by atoms with van der Waals surface area (Å²) in [5.74, 6) is 0. The van der Waals surface area contributed by atoms with Crippen molar-refractivity contribution in [1.29, 1.82) is 0 Å². The molecule has 0 aliphatic carbocycles. The highest BCUT2D eigenvalue weighted by Crippen LogP contribution is 2.33. The minimum Gasteiger partial charge on any atom is -0.393 e. The smallest absolute Gasteiger partial charge is 0.293 e. The lowest BCUT2D eigenvalue weighted by Gasteiger charge is -2.31. The second-order valence-electron chi connectivity index (χ2n) is 6.21. The Morgan fingerprint density at radius 2 is 1.85 bits per heavy atom. The molecule has 1 saturated heterocycles. The third-order valence-corrected chi connectivity index (χ3v) is 6.07. The van der Waals surface area contributed by atoms with Crippen LogP contribution in [-0.4, -0.2) is 37.6 Å². The fourth-order valence-electron chi connectivity index (χ4n) is 2.94. The summed E-state index contributed by atoms with van der Waals surface area (Å²) >= 11 is 5.98. The summed E-state index contributed by atoms with van der Waals surface area (Å²) in [5, 5.41) is 21.3. The third kappa shape index (κ3) is 4.32. The van der Waals surface area contributed by atoms with Crippen LogP contribution in [0.2, 0.25) is 5.02 Å². The quantitative estimate of drug-likeness (QED) is 0.577.